The molecule has 3 aromatic rings. The van der Waals surface area contributed by atoms with E-state index in [0.29, 0.717) is 12.2 Å². The first-order chi connectivity index (χ1) is 13.7. The molecule has 0 unspecified atom stereocenters. The third kappa shape index (κ3) is 2.92. The van der Waals surface area contributed by atoms with E-state index < -0.39 is 0 Å². The van der Waals surface area contributed by atoms with E-state index in [1.54, 1.807) is 23.9 Å². The molecule has 1 amide bonds. The maximum atomic E-state index is 13.6. The summed E-state index contributed by atoms with van der Waals surface area (Å²) in [6.07, 6.45) is 3.72. The molecule has 2 aliphatic rings. The van der Waals surface area contributed by atoms with Crippen LogP contribution in [0.1, 0.15) is 34.6 Å². The molecule has 1 aliphatic carbocycles. The molecule has 5 rings (SSSR count). The molecule has 6 heteroatoms. The zero-order valence-electron chi connectivity index (χ0n) is 15.4. The second-order valence-corrected chi connectivity index (χ2v) is 8.28. The highest BCUT2D eigenvalue weighted by Crippen LogP contribution is 2.36. The Kier molecular flexibility index (Phi) is 4.43. The van der Waals surface area contributed by atoms with Crippen molar-refractivity contribution in [2.24, 2.45) is 0 Å². The third-order valence-corrected chi connectivity index (χ3v) is 6.54. The average molecular weight is 393 g/mol. The lowest BCUT2D eigenvalue weighted by atomic mass is 10.1. The third-order valence-electron chi connectivity index (χ3n) is 5.39. The summed E-state index contributed by atoms with van der Waals surface area (Å²) in [6.45, 7) is 0.695. The van der Waals surface area contributed by atoms with Gasteiger partial charge in [0.1, 0.15) is 5.82 Å². The lowest BCUT2D eigenvalue weighted by Crippen LogP contribution is -2.32. The van der Waals surface area contributed by atoms with E-state index in [1.165, 1.54) is 12.1 Å². The van der Waals surface area contributed by atoms with Gasteiger partial charge in [-0.05, 0) is 67.8 Å². The number of hydrogen-bond donors (Lipinski definition) is 0. The number of rotatable bonds is 2. The Balaban J connectivity index is 1.58. The van der Waals surface area contributed by atoms with Crippen molar-refractivity contribution in [3.05, 3.63) is 71.3 Å². The van der Waals surface area contributed by atoms with Gasteiger partial charge in [0.15, 0.2) is 5.69 Å². The first-order valence-electron chi connectivity index (χ1n) is 9.63. The normalized spacial score (nSPS) is 15.8. The fourth-order valence-corrected chi connectivity index (χ4v) is 5.07. The fraction of sp³-hybridized carbons (Fsp3) is 0.273. The van der Waals surface area contributed by atoms with E-state index >= 15 is 0 Å². The Morgan fingerprint density at radius 2 is 1.86 bits per heavy atom. The van der Waals surface area contributed by atoms with Crippen LogP contribution in [-0.4, -0.2) is 28.0 Å². The van der Waals surface area contributed by atoms with E-state index in [2.05, 4.69) is 6.07 Å². The highest BCUT2D eigenvalue weighted by molar-refractivity contribution is 7.99. The number of anilines is 1. The van der Waals surface area contributed by atoms with Crippen molar-refractivity contribution in [1.29, 1.82) is 0 Å². The molecule has 0 radical (unpaired) electrons. The Labute approximate surface area is 167 Å². The summed E-state index contributed by atoms with van der Waals surface area (Å²) in [7, 11) is 0. The van der Waals surface area contributed by atoms with E-state index in [1.807, 2.05) is 27.8 Å². The minimum Gasteiger partial charge on any atom is -0.306 e. The number of halogens is 1. The molecule has 0 N–H and O–H groups in total. The lowest BCUT2D eigenvalue weighted by molar-refractivity contribution is 0.0980. The number of hydrogen-bond acceptors (Lipinski definition) is 3. The van der Waals surface area contributed by atoms with Crippen molar-refractivity contribution in [2.75, 3.05) is 17.2 Å². The first-order valence-corrected chi connectivity index (χ1v) is 10.6. The molecule has 142 valence electrons. The number of thioether (sulfide) groups is 1. The minimum absolute atomic E-state index is 0.0334. The molecule has 1 aliphatic heterocycles. The Morgan fingerprint density at radius 3 is 2.71 bits per heavy atom. The van der Waals surface area contributed by atoms with Crippen molar-refractivity contribution < 1.29 is 9.18 Å². The van der Waals surface area contributed by atoms with Crippen LogP contribution in [0.4, 0.5) is 10.1 Å². The quantitative estimate of drug-likeness (QED) is 0.636. The number of fused-ring (bicyclic) bond motifs is 2. The molecule has 2 heterocycles. The summed E-state index contributed by atoms with van der Waals surface area (Å²) in [5.74, 6) is 0.694. The molecule has 0 bridgehead atoms. The molecule has 28 heavy (non-hydrogen) atoms. The van der Waals surface area contributed by atoms with Crippen molar-refractivity contribution in [3.63, 3.8) is 0 Å². The summed E-state index contributed by atoms with van der Waals surface area (Å²) in [5.41, 5.74) is 4.43. The maximum Gasteiger partial charge on any atom is 0.279 e. The summed E-state index contributed by atoms with van der Waals surface area (Å²) in [6, 6.07) is 14.4. The van der Waals surface area contributed by atoms with Crippen LogP contribution in [0.15, 0.2) is 53.4 Å². The zero-order valence-corrected chi connectivity index (χ0v) is 16.2. The second kappa shape index (κ2) is 7.09. The number of nitrogens with zero attached hydrogens (tertiary/aromatic N) is 3. The predicted molar refractivity (Wildman–Crippen MR) is 109 cm³/mol. The largest absolute Gasteiger partial charge is 0.306 e. The monoisotopic (exact) mass is 393 g/mol. The van der Waals surface area contributed by atoms with Crippen molar-refractivity contribution in [2.45, 2.75) is 30.6 Å². The van der Waals surface area contributed by atoms with Gasteiger partial charge in [0.05, 0.1) is 11.4 Å². The molecule has 0 saturated carbocycles. The van der Waals surface area contributed by atoms with Crippen LogP contribution < -0.4 is 4.90 Å². The zero-order chi connectivity index (χ0) is 19.1. The van der Waals surface area contributed by atoms with Crippen LogP contribution >= 0.6 is 11.8 Å². The second-order valence-electron chi connectivity index (χ2n) is 7.14. The van der Waals surface area contributed by atoms with Crippen molar-refractivity contribution in [3.8, 4) is 5.69 Å². The average Bonchev–Trinajstić information content (AvgIpc) is 3.25. The molecule has 4 nitrogen and oxygen atoms in total. The van der Waals surface area contributed by atoms with E-state index in [0.717, 1.165) is 59.0 Å². The first kappa shape index (κ1) is 17.5. The number of para-hydroxylation sites is 1. The van der Waals surface area contributed by atoms with Gasteiger partial charge < -0.3 is 4.90 Å². The van der Waals surface area contributed by atoms with Crippen LogP contribution in [0, 0.1) is 5.82 Å². The lowest BCUT2D eigenvalue weighted by Gasteiger charge is -2.22. The minimum atomic E-state index is -0.275. The van der Waals surface area contributed by atoms with E-state index in [9.17, 15) is 9.18 Å². The standard InChI is InChI=1S/C22H20FN3OS/c23-15-9-11-16(12-10-15)26-18-7-3-5-17(18)21(24-26)22(27)25-13-4-14-28-20-8-2-1-6-19(20)25/h1-2,6,8-12H,3-5,7,13-14H2. The number of carbonyl (C=O) groups excluding carboxylic acids is 1. The summed E-state index contributed by atoms with van der Waals surface area (Å²) >= 11 is 1.80. The molecule has 0 fully saturated rings. The summed E-state index contributed by atoms with van der Waals surface area (Å²) in [4.78, 5) is 16.6. The SMILES string of the molecule is O=C(c1nn(-c2ccc(F)cc2)c2c1CCC2)N1CCCSc2ccccc21. The number of amides is 1. The van der Waals surface area contributed by atoms with Crippen LogP contribution in [0.3, 0.4) is 0 Å². The van der Waals surface area contributed by atoms with Gasteiger partial charge >= 0.3 is 0 Å². The molecule has 0 spiro atoms. The van der Waals surface area contributed by atoms with Gasteiger partial charge in [0.25, 0.3) is 5.91 Å². The van der Waals surface area contributed by atoms with Crippen molar-refractivity contribution in [1.82, 2.24) is 9.78 Å². The highest BCUT2D eigenvalue weighted by Gasteiger charge is 2.31. The van der Waals surface area contributed by atoms with Gasteiger partial charge in [0, 0.05) is 22.7 Å². The Morgan fingerprint density at radius 1 is 1.04 bits per heavy atom. The smallest absolute Gasteiger partial charge is 0.279 e. The van der Waals surface area contributed by atoms with Crippen LogP contribution in [0.25, 0.3) is 5.69 Å². The number of aromatic nitrogens is 2. The van der Waals surface area contributed by atoms with Crippen LogP contribution in [-0.2, 0) is 12.8 Å². The van der Waals surface area contributed by atoms with Gasteiger partial charge in [0.2, 0.25) is 0 Å². The molecule has 0 atom stereocenters. The van der Waals surface area contributed by atoms with Crippen molar-refractivity contribution >= 4 is 23.4 Å². The molecule has 1 aromatic heterocycles. The maximum absolute atomic E-state index is 13.6. The topological polar surface area (TPSA) is 38.1 Å². The van der Waals surface area contributed by atoms with Crippen LogP contribution in [0.2, 0.25) is 0 Å². The van der Waals surface area contributed by atoms with Crippen LogP contribution in [0.5, 0.6) is 0 Å². The van der Waals surface area contributed by atoms with E-state index in [-0.39, 0.29) is 11.7 Å². The van der Waals surface area contributed by atoms with E-state index in [4.69, 9.17) is 5.10 Å². The van der Waals surface area contributed by atoms with Gasteiger partial charge in [-0.2, -0.15) is 5.10 Å². The summed E-state index contributed by atoms with van der Waals surface area (Å²) in [5, 5.41) is 4.71. The fourth-order valence-electron chi connectivity index (χ4n) is 4.07. The van der Waals surface area contributed by atoms with Gasteiger partial charge in [-0.1, -0.05) is 12.1 Å². The highest BCUT2D eigenvalue weighted by atomic mass is 32.2. The Hall–Kier alpha value is -2.60. The molecular weight excluding hydrogens is 373 g/mol. The predicted octanol–water partition coefficient (Wildman–Crippen LogP) is 4.64. The number of benzene rings is 2. The van der Waals surface area contributed by atoms with Gasteiger partial charge in [-0.25, -0.2) is 9.07 Å². The molecular formula is C22H20FN3OS. The number of carbonyl (C=O) groups is 1. The Bertz CT molecular complexity index is 1040. The molecule has 2 aromatic carbocycles. The summed E-state index contributed by atoms with van der Waals surface area (Å²) < 4.78 is 15.2. The van der Waals surface area contributed by atoms with Gasteiger partial charge in [-0.3, -0.25) is 4.79 Å². The molecule has 0 saturated heterocycles. The van der Waals surface area contributed by atoms with Gasteiger partial charge in [-0.15, -0.1) is 11.8 Å².